The summed E-state index contributed by atoms with van der Waals surface area (Å²) >= 11 is 5.69. The van der Waals surface area contributed by atoms with Crippen LogP contribution in [-0.2, 0) is 0 Å². The molecule has 0 aromatic heterocycles. The van der Waals surface area contributed by atoms with Crippen LogP contribution in [0.3, 0.4) is 0 Å². The van der Waals surface area contributed by atoms with Crippen LogP contribution in [0.1, 0.15) is 110 Å². The molecule has 0 rings (SSSR count). The number of rotatable bonds is 20. The van der Waals surface area contributed by atoms with E-state index in [0.29, 0.717) is 0 Å². The van der Waals surface area contributed by atoms with Crippen LogP contribution in [0.25, 0.3) is 0 Å². The second-order valence-electron chi connectivity index (χ2n) is 9.04. The largest absolute Gasteiger partial charge is 1.00 e. The number of hydrogen-bond acceptors (Lipinski definition) is 1. The van der Waals surface area contributed by atoms with Crippen LogP contribution in [0.2, 0.25) is 0 Å². The molecule has 0 saturated carbocycles. The van der Waals surface area contributed by atoms with Crippen LogP contribution in [0.5, 0.6) is 0 Å². The molecule has 1 unspecified atom stereocenters. The van der Waals surface area contributed by atoms with E-state index in [0.717, 1.165) is 16.9 Å². The second kappa shape index (κ2) is 21.2. The maximum Gasteiger partial charge on any atom is 0.104 e. The van der Waals surface area contributed by atoms with E-state index in [9.17, 15) is 5.11 Å². The third-order valence-corrected chi connectivity index (χ3v) is 5.67. The van der Waals surface area contributed by atoms with Crippen LogP contribution in [0.15, 0.2) is 0 Å². The third kappa shape index (κ3) is 24.5. The maximum atomic E-state index is 9.51. The molecule has 0 aliphatic rings. The predicted molar refractivity (Wildman–Crippen MR) is 118 cm³/mol. The number of halogens is 2. The lowest BCUT2D eigenvalue weighted by Gasteiger charge is -2.31. The molecule has 0 aliphatic carbocycles. The Morgan fingerprint density at radius 1 is 0.630 bits per heavy atom. The van der Waals surface area contributed by atoms with Gasteiger partial charge in [0.15, 0.2) is 0 Å². The minimum Gasteiger partial charge on any atom is -1.00 e. The van der Waals surface area contributed by atoms with Gasteiger partial charge in [0.25, 0.3) is 0 Å². The predicted octanol–water partition coefficient (Wildman–Crippen LogP) is 3.93. The molecule has 0 aromatic rings. The van der Waals surface area contributed by atoms with Crippen LogP contribution in [0.4, 0.5) is 0 Å². The van der Waals surface area contributed by atoms with Gasteiger partial charge in [-0.15, -0.1) is 11.6 Å². The van der Waals surface area contributed by atoms with Crippen molar-refractivity contribution in [3.63, 3.8) is 0 Å². The molecule has 27 heavy (non-hydrogen) atoms. The van der Waals surface area contributed by atoms with E-state index in [2.05, 4.69) is 14.1 Å². The molecule has 0 aliphatic heterocycles. The van der Waals surface area contributed by atoms with E-state index in [1.807, 2.05) is 6.92 Å². The lowest BCUT2D eigenvalue weighted by Crippen LogP contribution is -3.00. The molecular formula is C23H49Cl2NO. The van der Waals surface area contributed by atoms with Gasteiger partial charge < -0.3 is 22.0 Å². The first-order valence-electron chi connectivity index (χ1n) is 11.5. The zero-order valence-corrected chi connectivity index (χ0v) is 20.2. The fourth-order valence-corrected chi connectivity index (χ4v) is 4.10. The average Bonchev–Trinajstić information content (AvgIpc) is 2.56. The molecule has 166 valence electrons. The highest BCUT2D eigenvalue weighted by Gasteiger charge is 2.16. The standard InChI is InChI=1S/C23H49ClNO.ClH/c1-23(26)22-25(2,3)21-19-17-15-13-11-9-7-5-4-6-8-10-12-14-16-18-20-24;/h23,26H,4-22H2,1-3H3;1H/q+1;/p-1. The molecule has 2 nitrogen and oxygen atoms in total. The quantitative estimate of drug-likeness (QED) is 0.178. The number of hydrogen-bond donors (Lipinski definition) is 1. The molecule has 0 amide bonds. The molecule has 4 heteroatoms. The van der Waals surface area contributed by atoms with E-state index in [4.69, 9.17) is 11.6 Å². The molecule has 0 bridgehead atoms. The fourth-order valence-electron chi connectivity index (χ4n) is 3.92. The van der Waals surface area contributed by atoms with E-state index in [1.54, 1.807) is 0 Å². The Hall–Kier alpha value is 0.500. The molecule has 0 radical (unpaired) electrons. The zero-order valence-electron chi connectivity index (χ0n) is 18.7. The minimum absolute atomic E-state index is 0. The summed E-state index contributed by atoms with van der Waals surface area (Å²) in [6.07, 6.45) is 22.0. The Labute approximate surface area is 182 Å². The van der Waals surface area contributed by atoms with E-state index in [-0.39, 0.29) is 18.5 Å². The van der Waals surface area contributed by atoms with Gasteiger partial charge in [0.2, 0.25) is 0 Å². The molecule has 1 atom stereocenters. The third-order valence-electron chi connectivity index (χ3n) is 5.41. The van der Waals surface area contributed by atoms with Crippen molar-refractivity contribution in [2.45, 2.75) is 116 Å². The summed E-state index contributed by atoms with van der Waals surface area (Å²) < 4.78 is 0.949. The van der Waals surface area contributed by atoms with E-state index < -0.39 is 0 Å². The highest BCUT2D eigenvalue weighted by molar-refractivity contribution is 6.17. The van der Waals surface area contributed by atoms with Crippen molar-refractivity contribution in [2.24, 2.45) is 0 Å². The van der Waals surface area contributed by atoms with Crippen molar-refractivity contribution < 1.29 is 22.0 Å². The first-order chi connectivity index (χ1) is 12.5. The summed E-state index contributed by atoms with van der Waals surface area (Å²) in [6.45, 7) is 3.95. The monoisotopic (exact) mass is 425 g/mol. The highest BCUT2D eigenvalue weighted by atomic mass is 35.5. The van der Waals surface area contributed by atoms with Gasteiger partial charge in [0.05, 0.1) is 20.6 Å². The topological polar surface area (TPSA) is 20.2 Å². The molecule has 1 N–H and O–H groups in total. The first kappa shape index (κ1) is 29.7. The van der Waals surface area contributed by atoms with Gasteiger partial charge in [-0.1, -0.05) is 83.5 Å². The smallest absolute Gasteiger partial charge is 0.104 e. The summed E-state index contributed by atoms with van der Waals surface area (Å²) in [5, 5.41) is 9.51. The fraction of sp³-hybridized carbons (Fsp3) is 1.00. The summed E-state index contributed by atoms with van der Waals surface area (Å²) in [6, 6.07) is 0. The Kier molecular flexibility index (Phi) is 23.3. The molecule has 0 aromatic carbocycles. The number of unbranched alkanes of at least 4 members (excludes halogenated alkanes) is 15. The Morgan fingerprint density at radius 2 is 0.926 bits per heavy atom. The number of aliphatic hydroxyl groups excluding tert-OH is 1. The number of alkyl halides is 1. The second-order valence-corrected chi connectivity index (χ2v) is 9.41. The molecular weight excluding hydrogens is 377 g/mol. The van der Waals surface area contributed by atoms with Gasteiger partial charge in [0, 0.05) is 5.88 Å². The number of quaternary nitrogens is 1. The highest BCUT2D eigenvalue weighted by Crippen LogP contribution is 2.14. The van der Waals surface area contributed by atoms with Crippen molar-refractivity contribution in [3.05, 3.63) is 0 Å². The lowest BCUT2D eigenvalue weighted by atomic mass is 10.0. The van der Waals surface area contributed by atoms with Gasteiger partial charge in [0.1, 0.15) is 12.6 Å². The molecule has 0 spiro atoms. The van der Waals surface area contributed by atoms with Crippen molar-refractivity contribution in [1.82, 2.24) is 0 Å². The molecule has 0 fully saturated rings. The number of nitrogens with zero attached hydrogens (tertiary/aromatic N) is 1. The SMILES string of the molecule is CC(O)C[N+](C)(C)CCCCCCCCCCCCCCCCCCCl.[Cl-]. The van der Waals surface area contributed by atoms with E-state index in [1.165, 1.54) is 109 Å². The van der Waals surface area contributed by atoms with Crippen molar-refractivity contribution in [1.29, 1.82) is 0 Å². The zero-order chi connectivity index (χ0) is 19.5. The van der Waals surface area contributed by atoms with Gasteiger partial charge in [-0.3, -0.25) is 0 Å². The Balaban J connectivity index is 0. The summed E-state index contributed by atoms with van der Waals surface area (Å²) in [4.78, 5) is 0. The maximum absolute atomic E-state index is 9.51. The normalized spacial score (nSPS) is 12.8. The first-order valence-corrected chi connectivity index (χ1v) is 12.1. The average molecular weight is 427 g/mol. The van der Waals surface area contributed by atoms with Crippen molar-refractivity contribution in [3.8, 4) is 0 Å². The Bertz CT molecular complexity index is 286. The number of aliphatic hydroxyl groups is 1. The number of likely N-dealkylation sites (N-methyl/N-ethyl adjacent to an activating group) is 1. The minimum atomic E-state index is -0.189. The summed E-state index contributed by atoms with van der Waals surface area (Å²) in [7, 11) is 4.46. The summed E-state index contributed by atoms with van der Waals surface area (Å²) in [5.41, 5.74) is 0. The van der Waals surface area contributed by atoms with Gasteiger partial charge in [-0.05, 0) is 26.2 Å². The van der Waals surface area contributed by atoms with Crippen LogP contribution in [0, 0.1) is 0 Å². The summed E-state index contributed by atoms with van der Waals surface area (Å²) in [5.74, 6) is 0.835. The van der Waals surface area contributed by atoms with Gasteiger partial charge in [-0.2, -0.15) is 0 Å². The Morgan fingerprint density at radius 3 is 1.22 bits per heavy atom. The molecule has 0 saturated heterocycles. The van der Waals surface area contributed by atoms with Crippen molar-refractivity contribution in [2.75, 3.05) is 33.1 Å². The van der Waals surface area contributed by atoms with E-state index >= 15 is 0 Å². The van der Waals surface area contributed by atoms with Crippen LogP contribution >= 0.6 is 11.6 Å². The van der Waals surface area contributed by atoms with Gasteiger partial charge >= 0.3 is 0 Å². The van der Waals surface area contributed by atoms with Crippen LogP contribution in [-0.4, -0.2) is 48.8 Å². The molecule has 0 heterocycles. The van der Waals surface area contributed by atoms with Gasteiger partial charge in [-0.25, -0.2) is 0 Å². The van der Waals surface area contributed by atoms with Crippen LogP contribution < -0.4 is 12.4 Å². The lowest BCUT2D eigenvalue weighted by molar-refractivity contribution is -0.893. The van der Waals surface area contributed by atoms with Crippen molar-refractivity contribution >= 4 is 11.6 Å².